The minimum Gasteiger partial charge on any atom is -0.378 e. The zero-order chi connectivity index (χ0) is 20.1. The smallest absolute Gasteiger partial charge is 0.129 e. The molecule has 4 aromatic rings. The van der Waals surface area contributed by atoms with Crippen LogP contribution in [-0.4, -0.2) is 42.8 Å². The zero-order valence-electron chi connectivity index (χ0n) is 16.7. The number of fused-ring (bicyclic) bond motifs is 4. The quantitative estimate of drug-likeness (QED) is 0.544. The summed E-state index contributed by atoms with van der Waals surface area (Å²) in [5.74, 6) is 0.830. The van der Waals surface area contributed by atoms with Gasteiger partial charge in [-0.15, -0.1) is 0 Å². The third kappa shape index (κ3) is 2.99. The van der Waals surface area contributed by atoms with Gasteiger partial charge >= 0.3 is 0 Å². The topological polar surface area (TPSA) is 44.4 Å². The highest BCUT2D eigenvalue weighted by molar-refractivity contribution is 5.87. The van der Waals surface area contributed by atoms with Crippen molar-refractivity contribution in [3.05, 3.63) is 65.6 Å². The maximum absolute atomic E-state index is 13.8. The number of nitrogens with one attached hydrogen (secondary N) is 1. The maximum atomic E-state index is 13.8. The fourth-order valence-corrected chi connectivity index (χ4v) is 4.67. The lowest BCUT2D eigenvalue weighted by Crippen LogP contribution is -2.36. The van der Waals surface area contributed by atoms with Gasteiger partial charge in [0.05, 0.1) is 18.7 Å². The Bertz CT molecular complexity index is 1240. The first-order valence-corrected chi connectivity index (χ1v) is 10.5. The Hall–Kier alpha value is -3.12. The van der Waals surface area contributed by atoms with E-state index >= 15 is 0 Å². The lowest BCUT2D eigenvalue weighted by Gasteiger charge is -2.30. The van der Waals surface area contributed by atoms with Gasteiger partial charge in [0, 0.05) is 65.8 Å². The van der Waals surface area contributed by atoms with E-state index in [2.05, 4.69) is 45.1 Å². The molecule has 30 heavy (non-hydrogen) atoms. The molecule has 6 rings (SSSR count). The first-order valence-electron chi connectivity index (χ1n) is 10.5. The van der Waals surface area contributed by atoms with Crippen LogP contribution < -0.4 is 9.80 Å². The average molecular weight is 402 g/mol. The lowest BCUT2D eigenvalue weighted by molar-refractivity contribution is 0.122. The molecule has 0 radical (unpaired) electrons. The van der Waals surface area contributed by atoms with E-state index in [0.717, 1.165) is 73.4 Å². The number of halogens is 1. The minimum atomic E-state index is -0.186. The third-order valence-electron chi connectivity index (χ3n) is 6.30. The van der Waals surface area contributed by atoms with Crippen LogP contribution in [0.1, 0.15) is 11.3 Å². The fourth-order valence-electron chi connectivity index (χ4n) is 4.67. The van der Waals surface area contributed by atoms with E-state index in [1.54, 1.807) is 6.07 Å². The van der Waals surface area contributed by atoms with Crippen LogP contribution >= 0.6 is 0 Å². The van der Waals surface area contributed by atoms with Crippen molar-refractivity contribution in [1.82, 2.24) is 9.97 Å². The second kappa shape index (κ2) is 6.99. The predicted molar refractivity (Wildman–Crippen MR) is 118 cm³/mol. The Labute approximate surface area is 174 Å². The number of morpholine rings is 1. The van der Waals surface area contributed by atoms with Crippen LogP contribution in [0.3, 0.4) is 0 Å². The van der Waals surface area contributed by atoms with Crippen molar-refractivity contribution in [3.8, 4) is 0 Å². The molecule has 4 heterocycles. The van der Waals surface area contributed by atoms with Gasteiger partial charge in [-0.05, 0) is 48.5 Å². The van der Waals surface area contributed by atoms with Crippen molar-refractivity contribution in [1.29, 1.82) is 0 Å². The summed E-state index contributed by atoms with van der Waals surface area (Å²) < 4.78 is 19.2. The Morgan fingerprint density at radius 2 is 1.83 bits per heavy atom. The van der Waals surface area contributed by atoms with Crippen molar-refractivity contribution >= 4 is 33.3 Å². The van der Waals surface area contributed by atoms with Crippen molar-refractivity contribution in [2.45, 2.75) is 13.0 Å². The van der Waals surface area contributed by atoms with Crippen LogP contribution in [0.4, 0.5) is 15.9 Å². The zero-order valence-corrected chi connectivity index (χ0v) is 16.7. The summed E-state index contributed by atoms with van der Waals surface area (Å²) in [4.78, 5) is 13.0. The molecule has 1 fully saturated rings. The summed E-state index contributed by atoms with van der Waals surface area (Å²) in [7, 11) is 0. The van der Waals surface area contributed by atoms with E-state index in [0.29, 0.717) is 0 Å². The van der Waals surface area contributed by atoms with Crippen LogP contribution in [-0.2, 0) is 17.7 Å². The molecule has 0 aliphatic carbocycles. The van der Waals surface area contributed by atoms with Crippen molar-refractivity contribution in [2.24, 2.45) is 0 Å². The standard InChI is InChI=1S/C24H23FN4O/c25-17-2-4-22-19(14-17)20-15-29(8-7-23(20)26-22)18-3-5-21-16(13-18)1-6-24(27-21)28-9-11-30-12-10-28/h1-6,13-14,26H,7-12,15H2. The van der Waals surface area contributed by atoms with E-state index in [1.165, 1.54) is 23.0 Å². The van der Waals surface area contributed by atoms with E-state index in [-0.39, 0.29) is 5.82 Å². The molecule has 0 bridgehead atoms. The van der Waals surface area contributed by atoms with Crippen LogP contribution in [0.2, 0.25) is 0 Å². The predicted octanol–water partition coefficient (Wildman–Crippen LogP) is 4.25. The van der Waals surface area contributed by atoms with Gasteiger partial charge in [-0.2, -0.15) is 0 Å². The molecule has 1 N–H and O–H groups in total. The molecule has 6 heteroatoms. The second-order valence-corrected chi connectivity index (χ2v) is 8.09. The highest BCUT2D eigenvalue weighted by atomic mass is 19.1. The molecular formula is C24H23FN4O. The first-order chi connectivity index (χ1) is 14.7. The summed E-state index contributed by atoms with van der Waals surface area (Å²) in [6.45, 7) is 5.01. The van der Waals surface area contributed by atoms with E-state index < -0.39 is 0 Å². The molecule has 2 aliphatic heterocycles. The van der Waals surface area contributed by atoms with Gasteiger partial charge in [0.1, 0.15) is 11.6 Å². The van der Waals surface area contributed by atoms with Gasteiger partial charge in [0.25, 0.3) is 0 Å². The van der Waals surface area contributed by atoms with Gasteiger partial charge in [-0.3, -0.25) is 0 Å². The third-order valence-corrected chi connectivity index (χ3v) is 6.30. The highest BCUT2D eigenvalue weighted by Crippen LogP contribution is 2.32. The van der Waals surface area contributed by atoms with Gasteiger partial charge in [0.2, 0.25) is 0 Å². The molecule has 2 aromatic carbocycles. The number of benzene rings is 2. The Morgan fingerprint density at radius 1 is 0.933 bits per heavy atom. The molecule has 0 atom stereocenters. The summed E-state index contributed by atoms with van der Waals surface area (Å²) in [5.41, 5.74) is 5.64. The number of nitrogens with zero attached hydrogens (tertiary/aromatic N) is 3. The minimum absolute atomic E-state index is 0.186. The molecular weight excluding hydrogens is 379 g/mol. The van der Waals surface area contributed by atoms with Gasteiger partial charge in [-0.25, -0.2) is 9.37 Å². The summed E-state index contributed by atoms with van der Waals surface area (Å²) in [5, 5.41) is 2.13. The molecule has 0 spiro atoms. The normalized spacial score (nSPS) is 17.0. The number of ether oxygens (including phenoxy) is 1. The largest absolute Gasteiger partial charge is 0.378 e. The summed E-state index contributed by atoms with van der Waals surface area (Å²) >= 11 is 0. The Balaban J connectivity index is 1.31. The van der Waals surface area contributed by atoms with Gasteiger partial charge in [-0.1, -0.05) is 0 Å². The summed E-state index contributed by atoms with van der Waals surface area (Å²) in [6, 6.07) is 15.7. The number of aromatic nitrogens is 2. The molecule has 5 nitrogen and oxygen atoms in total. The average Bonchev–Trinajstić information content (AvgIpc) is 3.16. The summed E-state index contributed by atoms with van der Waals surface area (Å²) in [6.07, 6.45) is 0.928. The van der Waals surface area contributed by atoms with Crippen LogP contribution in [0.5, 0.6) is 0 Å². The SMILES string of the molecule is Fc1ccc2[nH]c3c(c2c1)CN(c1ccc2nc(N4CCOCC4)ccc2c1)CC3. The maximum Gasteiger partial charge on any atom is 0.129 e. The number of H-pyrrole nitrogens is 1. The number of pyridine rings is 1. The Morgan fingerprint density at radius 3 is 2.73 bits per heavy atom. The monoisotopic (exact) mass is 402 g/mol. The van der Waals surface area contributed by atoms with Crippen molar-refractivity contribution in [2.75, 3.05) is 42.6 Å². The molecule has 0 unspecified atom stereocenters. The second-order valence-electron chi connectivity index (χ2n) is 8.09. The van der Waals surface area contributed by atoms with Crippen molar-refractivity contribution < 1.29 is 9.13 Å². The van der Waals surface area contributed by atoms with Crippen LogP contribution in [0.15, 0.2) is 48.5 Å². The molecule has 0 amide bonds. The Kier molecular flexibility index (Phi) is 4.13. The van der Waals surface area contributed by atoms with Crippen LogP contribution in [0.25, 0.3) is 21.8 Å². The van der Waals surface area contributed by atoms with Crippen LogP contribution in [0, 0.1) is 5.82 Å². The van der Waals surface area contributed by atoms with Crippen molar-refractivity contribution in [3.63, 3.8) is 0 Å². The fraction of sp³-hybridized carbons (Fsp3) is 0.292. The molecule has 152 valence electrons. The number of aromatic amines is 1. The molecule has 2 aromatic heterocycles. The van der Waals surface area contributed by atoms with E-state index in [4.69, 9.17) is 9.72 Å². The number of hydrogen-bond donors (Lipinski definition) is 1. The molecule has 1 saturated heterocycles. The van der Waals surface area contributed by atoms with E-state index in [9.17, 15) is 4.39 Å². The first kappa shape index (κ1) is 17.7. The highest BCUT2D eigenvalue weighted by Gasteiger charge is 2.21. The van der Waals surface area contributed by atoms with E-state index in [1.807, 2.05) is 6.07 Å². The van der Waals surface area contributed by atoms with Gasteiger partial charge in [0.15, 0.2) is 0 Å². The number of anilines is 2. The molecule has 2 aliphatic rings. The van der Waals surface area contributed by atoms with Gasteiger partial charge < -0.3 is 19.5 Å². The lowest BCUT2D eigenvalue weighted by atomic mass is 10.0. The molecule has 0 saturated carbocycles. The number of rotatable bonds is 2. The number of hydrogen-bond acceptors (Lipinski definition) is 4.